The van der Waals surface area contributed by atoms with E-state index in [1.807, 2.05) is 0 Å². The highest BCUT2D eigenvalue weighted by molar-refractivity contribution is 4.83. The Morgan fingerprint density at radius 3 is 2.45 bits per heavy atom. The van der Waals surface area contributed by atoms with Crippen LogP contribution in [0.15, 0.2) is 0 Å². The van der Waals surface area contributed by atoms with Crippen molar-refractivity contribution in [3.05, 3.63) is 0 Å². The van der Waals surface area contributed by atoms with Crippen molar-refractivity contribution in [3.8, 4) is 0 Å². The van der Waals surface area contributed by atoms with Crippen LogP contribution in [0.2, 0.25) is 0 Å². The van der Waals surface area contributed by atoms with Gasteiger partial charge in [-0.1, -0.05) is 20.8 Å². The first-order valence-corrected chi connectivity index (χ1v) is 4.68. The van der Waals surface area contributed by atoms with E-state index in [0.29, 0.717) is 6.61 Å². The summed E-state index contributed by atoms with van der Waals surface area (Å²) in [5.74, 6) is 1.65. The summed E-state index contributed by atoms with van der Waals surface area (Å²) in [5.41, 5.74) is 0.228. The minimum absolute atomic E-state index is 0.228. The van der Waals surface area contributed by atoms with Crippen LogP contribution < -0.4 is 0 Å². The fourth-order valence-electron chi connectivity index (χ4n) is 2.08. The molecular weight excluding hydrogens is 136 g/mol. The lowest BCUT2D eigenvalue weighted by atomic mass is 9.68. The molecule has 66 valence electrons. The topological polar surface area (TPSA) is 20.2 Å². The lowest BCUT2D eigenvalue weighted by molar-refractivity contribution is 0.0546. The zero-order valence-electron chi connectivity index (χ0n) is 7.93. The van der Waals surface area contributed by atoms with Crippen LogP contribution in [-0.2, 0) is 0 Å². The molecule has 0 bridgehead atoms. The van der Waals surface area contributed by atoms with Gasteiger partial charge in [-0.3, -0.25) is 0 Å². The molecule has 1 N–H and O–H groups in total. The molecule has 0 radical (unpaired) electrons. The van der Waals surface area contributed by atoms with Crippen LogP contribution in [0, 0.1) is 17.3 Å². The van der Waals surface area contributed by atoms with Gasteiger partial charge in [-0.05, 0) is 36.5 Å². The molecule has 1 nitrogen and oxygen atoms in total. The Bertz CT molecular complexity index is 133. The molecule has 1 rings (SSSR count). The zero-order valence-corrected chi connectivity index (χ0v) is 7.93. The molecule has 3 atom stereocenters. The average Bonchev–Trinajstić information content (AvgIpc) is 1.98. The second-order valence-electron chi connectivity index (χ2n) is 4.67. The van der Waals surface area contributed by atoms with Crippen molar-refractivity contribution >= 4 is 0 Å². The van der Waals surface area contributed by atoms with Crippen molar-refractivity contribution in [2.75, 3.05) is 6.61 Å². The minimum Gasteiger partial charge on any atom is -0.396 e. The fraction of sp³-hybridized carbons (Fsp3) is 1.00. The molecule has 0 aromatic carbocycles. The normalized spacial score (nSPS) is 45.8. The highest BCUT2D eigenvalue weighted by atomic mass is 16.3. The summed E-state index contributed by atoms with van der Waals surface area (Å²) in [6.07, 6.45) is 3.69. The second-order valence-corrected chi connectivity index (χ2v) is 4.67. The molecule has 0 aromatic heterocycles. The molecule has 1 aliphatic rings. The first kappa shape index (κ1) is 9.05. The van der Waals surface area contributed by atoms with Gasteiger partial charge in [0.1, 0.15) is 0 Å². The maximum atomic E-state index is 9.15. The van der Waals surface area contributed by atoms with Crippen LogP contribution in [0.5, 0.6) is 0 Å². The van der Waals surface area contributed by atoms with Gasteiger partial charge < -0.3 is 5.11 Å². The van der Waals surface area contributed by atoms with E-state index >= 15 is 0 Å². The Labute approximate surface area is 69.8 Å². The molecule has 0 unspecified atom stereocenters. The lowest BCUT2D eigenvalue weighted by Gasteiger charge is -2.39. The Balaban J connectivity index is 2.51. The maximum Gasteiger partial charge on any atom is 0.0484 e. The Hall–Kier alpha value is -0.0400. The molecule has 0 saturated heterocycles. The van der Waals surface area contributed by atoms with Gasteiger partial charge in [-0.25, -0.2) is 0 Å². The lowest BCUT2D eigenvalue weighted by Crippen LogP contribution is -2.31. The molecule has 0 aliphatic heterocycles. The van der Waals surface area contributed by atoms with Crippen molar-refractivity contribution in [1.82, 2.24) is 0 Å². The number of aliphatic hydroxyl groups excluding tert-OH is 1. The van der Waals surface area contributed by atoms with Crippen molar-refractivity contribution in [2.24, 2.45) is 17.3 Å². The third-order valence-electron chi connectivity index (χ3n) is 3.37. The number of hydrogen-bond acceptors (Lipinski definition) is 1. The molecule has 1 fully saturated rings. The Morgan fingerprint density at radius 1 is 1.36 bits per heavy atom. The summed E-state index contributed by atoms with van der Waals surface area (Å²) in [6, 6.07) is 0. The zero-order chi connectivity index (χ0) is 8.48. The van der Waals surface area contributed by atoms with Crippen LogP contribution in [0.4, 0.5) is 0 Å². The fourth-order valence-corrected chi connectivity index (χ4v) is 2.08. The molecule has 0 aromatic rings. The molecule has 0 spiro atoms. The number of hydrogen-bond donors (Lipinski definition) is 1. The van der Waals surface area contributed by atoms with E-state index in [1.165, 1.54) is 19.3 Å². The number of aliphatic hydroxyl groups is 1. The third kappa shape index (κ3) is 1.96. The summed E-state index contributed by atoms with van der Waals surface area (Å²) in [5, 5.41) is 9.15. The van der Waals surface area contributed by atoms with Gasteiger partial charge in [0.2, 0.25) is 0 Å². The van der Waals surface area contributed by atoms with E-state index in [4.69, 9.17) is 5.11 Å². The molecule has 0 heterocycles. The summed E-state index contributed by atoms with van der Waals surface area (Å²) < 4.78 is 0. The van der Waals surface area contributed by atoms with Gasteiger partial charge in [-0.15, -0.1) is 0 Å². The van der Waals surface area contributed by atoms with E-state index in [-0.39, 0.29) is 5.41 Å². The number of rotatable bonds is 1. The Kier molecular flexibility index (Phi) is 2.58. The average molecular weight is 156 g/mol. The van der Waals surface area contributed by atoms with Crippen molar-refractivity contribution in [3.63, 3.8) is 0 Å². The van der Waals surface area contributed by atoms with Gasteiger partial charge in [0.25, 0.3) is 0 Å². The van der Waals surface area contributed by atoms with E-state index in [2.05, 4.69) is 20.8 Å². The maximum absolute atomic E-state index is 9.15. The largest absolute Gasteiger partial charge is 0.396 e. The first-order chi connectivity index (χ1) is 5.07. The standard InChI is InChI=1S/C10H20O/c1-8-4-5-10(3,7-11)6-9(8)2/h8-9,11H,4-7H2,1-3H3/t8-,9-,10+/m1/s1. The summed E-state index contributed by atoms with van der Waals surface area (Å²) in [4.78, 5) is 0. The van der Waals surface area contributed by atoms with Gasteiger partial charge in [0.05, 0.1) is 0 Å². The van der Waals surface area contributed by atoms with E-state index in [1.54, 1.807) is 0 Å². The molecular formula is C10H20O. The van der Waals surface area contributed by atoms with E-state index < -0.39 is 0 Å². The smallest absolute Gasteiger partial charge is 0.0484 e. The Morgan fingerprint density at radius 2 is 2.00 bits per heavy atom. The highest BCUT2D eigenvalue weighted by Gasteiger charge is 2.32. The van der Waals surface area contributed by atoms with E-state index in [0.717, 1.165) is 11.8 Å². The van der Waals surface area contributed by atoms with Gasteiger partial charge >= 0.3 is 0 Å². The van der Waals surface area contributed by atoms with Crippen LogP contribution >= 0.6 is 0 Å². The summed E-state index contributed by atoms with van der Waals surface area (Å²) >= 11 is 0. The summed E-state index contributed by atoms with van der Waals surface area (Å²) in [7, 11) is 0. The molecule has 11 heavy (non-hydrogen) atoms. The molecule has 1 heteroatoms. The molecule has 0 amide bonds. The highest BCUT2D eigenvalue weighted by Crippen LogP contribution is 2.41. The van der Waals surface area contributed by atoms with E-state index in [9.17, 15) is 0 Å². The predicted octanol–water partition coefficient (Wildman–Crippen LogP) is 2.44. The van der Waals surface area contributed by atoms with Crippen LogP contribution in [0.25, 0.3) is 0 Å². The van der Waals surface area contributed by atoms with Gasteiger partial charge in [0.15, 0.2) is 0 Å². The second kappa shape index (κ2) is 3.14. The van der Waals surface area contributed by atoms with Crippen molar-refractivity contribution in [2.45, 2.75) is 40.0 Å². The van der Waals surface area contributed by atoms with Crippen LogP contribution in [-0.4, -0.2) is 11.7 Å². The molecule has 1 saturated carbocycles. The third-order valence-corrected chi connectivity index (χ3v) is 3.37. The van der Waals surface area contributed by atoms with Crippen LogP contribution in [0.3, 0.4) is 0 Å². The quantitative estimate of drug-likeness (QED) is 0.618. The summed E-state index contributed by atoms with van der Waals surface area (Å²) in [6.45, 7) is 7.19. The first-order valence-electron chi connectivity index (χ1n) is 4.68. The van der Waals surface area contributed by atoms with Crippen molar-refractivity contribution < 1.29 is 5.11 Å². The van der Waals surface area contributed by atoms with Crippen molar-refractivity contribution in [1.29, 1.82) is 0 Å². The van der Waals surface area contributed by atoms with Gasteiger partial charge in [0, 0.05) is 6.61 Å². The van der Waals surface area contributed by atoms with Crippen LogP contribution in [0.1, 0.15) is 40.0 Å². The monoisotopic (exact) mass is 156 g/mol. The molecule has 1 aliphatic carbocycles. The van der Waals surface area contributed by atoms with Gasteiger partial charge in [-0.2, -0.15) is 0 Å². The minimum atomic E-state index is 0.228. The SMILES string of the molecule is C[C@@H]1CC[C@](C)(CO)C[C@H]1C. The predicted molar refractivity (Wildman–Crippen MR) is 47.4 cm³/mol.